The van der Waals surface area contributed by atoms with E-state index >= 15 is 0 Å². The molecule has 21 heavy (non-hydrogen) atoms. The summed E-state index contributed by atoms with van der Waals surface area (Å²) >= 11 is 3.30. The third kappa shape index (κ3) is 4.51. The number of carbonyl (C=O) groups is 1. The minimum Gasteiger partial charge on any atom is -0.338 e. The number of carbonyl (C=O) groups excluding carboxylic acids is 1. The Morgan fingerprint density at radius 3 is 3.00 bits per heavy atom. The van der Waals surface area contributed by atoms with Crippen molar-refractivity contribution in [1.29, 1.82) is 0 Å². The van der Waals surface area contributed by atoms with E-state index in [-0.39, 0.29) is 11.5 Å². The Morgan fingerprint density at radius 1 is 1.52 bits per heavy atom. The van der Waals surface area contributed by atoms with Crippen molar-refractivity contribution < 1.29 is 9.18 Å². The lowest BCUT2D eigenvalue weighted by Crippen LogP contribution is -2.41. The molecule has 1 aliphatic heterocycles. The van der Waals surface area contributed by atoms with Crippen LogP contribution >= 0.6 is 15.9 Å². The van der Waals surface area contributed by atoms with Crippen LogP contribution in [0.4, 0.5) is 4.39 Å². The summed E-state index contributed by atoms with van der Waals surface area (Å²) in [7, 11) is 0. The molecule has 0 spiro atoms. The van der Waals surface area contributed by atoms with Crippen LogP contribution in [0.2, 0.25) is 0 Å². The Balaban J connectivity index is 2.12. The Hall–Kier alpha value is -0.940. The Kier molecular flexibility index (Phi) is 6.18. The van der Waals surface area contributed by atoms with Gasteiger partial charge in [0.05, 0.1) is 5.56 Å². The normalized spacial score (nSPS) is 18.5. The van der Waals surface area contributed by atoms with Crippen LogP contribution in [0.5, 0.6) is 0 Å². The van der Waals surface area contributed by atoms with E-state index in [4.69, 9.17) is 0 Å². The highest BCUT2D eigenvalue weighted by molar-refractivity contribution is 9.10. The Bertz CT molecular complexity index is 489. The first-order chi connectivity index (χ1) is 10.1. The highest BCUT2D eigenvalue weighted by Crippen LogP contribution is 2.19. The fourth-order valence-corrected chi connectivity index (χ4v) is 3.13. The van der Waals surface area contributed by atoms with Crippen LogP contribution in [0.15, 0.2) is 22.7 Å². The Morgan fingerprint density at radius 2 is 2.33 bits per heavy atom. The summed E-state index contributed by atoms with van der Waals surface area (Å²) in [6, 6.07) is 4.52. The number of nitrogens with one attached hydrogen (secondary N) is 1. The van der Waals surface area contributed by atoms with Crippen molar-refractivity contribution in [2.45, 2.75) is 26.2 Å². The van der Waals surface area contributed by atoms with Crippen molar-refractivity contribution in [2.75, 3.05) is 26.2 Å². The average molecular weight is 357 g/mol. The maximum absolute atomic E-state index is 13.9. The average Bonchev–Trinajstić information content (AvgIpc) is 2.49. The SMILES string of the molecule is CCCN(CC1CCCNC1)C(=O)c1cc(Br)ccc1F. The number of nitrogens with zero attached hydrogens (tertiary/aromatic N) is 1. The standard InChI is InChI=1S/C16H22BrFN2O/c1-2-8-20(11-12-4-3-7-19-10-12)16(21)14-9-13(17)5-6-15(14)18/h5-6,9,12,19H,2-4,7-8,10-11H2,1H3. The lowest BCUT2D eigenvalue weighted by atomic mass is 9.98. The molecule has 1 fully saturated rings. The summed E-state index contributed by atoms with van der Waals surface area (Å²) < 4.78 is 14.6. The zero-order chi connectivity index (χ0) is 15.2. The molecule has 0 radical (unpaired) electrons. The van der Waals surface area contributed by atoms with Crippen molar-refractivity contribution >= 4 is 21.8 Å². The van der Waals surface area contributed by atoms with Crippen LogP contribution in [0.1, 0.15) is 36.5 Å². The second-order valence-corrected chi connectivity index (χ2v) is 6.50. The molecular formula is C16H22BrFN2O. The Labute approximate surface area is 134 Å². The van der Waals surface area contributed by atoms with Crippen molar-refractivity contribution in [3.8, 4) is 0 Å². The lowest BCUT2D eigenvalue weighted by Gasteiger charge is -2.30. The van der Waals surface area contributed by atoms with Gasteiger partial charge in [0.1, 0.15) is 5.82 Å². The zero-order valence-electron chi connectivity index (χ0n) is 12.4. The minimum absolute atomic E-state index is 0.154. The van der Waals surface area contributed by atoms with Crippen LogP contribution in [0.3, 0.4) is 0 Å². The van der Waals surface area contributed by atoms with Gasteiger partial charge >= 0.3 is 0 Å². The first-order valence-electron chi connectivity index (χ1n) is 7.57. The van der Waals surface area contributed by atoms with Gasteiger partial charge in [-0.15, -0.1) is 0 Å². The number of rotatable bonds is 5. The molecule has 0 bridgehead atoms. The van der Waals surface area contributed by atoms with Crippen molar-refractivity contribution in [3.63, 3.8) is 0 Å². The van der Waals surface area contributed by atoms with Gasteiger partial charge in [0.25, 0.3) is 5.91 Å². The number of hydrogen-bond donors (Lipinski definition) is 1. The molecule has 1 amide bonds. The van der Waals surface area contributed by atoms with Crippen LogP contribution < -0.4 is 5.32 Å². The third-order valence-corrected chi connectivity index (χ3v) is 4.31. The maximum Gasteiger partial charge on any atom is 0.256 e. The number of amides is 1. The van der Waals surface area contributed by atoms with Gasteiger partial charge in [-0.05, 0) is 56.5 Å². The lowest BCUT2D eigenvalue weighted by molar-refractivity contribution is 0.0714. The molecule has 1 unspecified atom stereocenters. The fourth-order valence-electron chi connectivity index (χ4n) is 2.77. The molecule has 0 saturated carbocycles. The summed E-state index contributed by atoms with van der Waals surface area (Å²) in [5.74, 6) is -0.197. The molecule has 116 valence electrons. The number of piperidine rings is 1. The molecule has 1 aromatic carbocycles. The summed E-state index contributed by atoms with van der Waals surface area (Å²) in [4.78, 5) is 14.4. The van der Waals surface area contributed by atoms with Gasteiger partial charge in [0, 0.05) is 17.6 Å². The van der Waals surface area contributed by atoms with Gasteiger partial charge in [-0.1, -0.05) is 22.9 Å². The molecule has 3 nitrogen and oxygen atoms in total. The van der Waals surface area contributed by atoms with Crippen LogP contribution in [-0.2, 0) is 0 Å². The number of benzene rings is 1. The first kappa shape index (κ1) is 16.4. The maximum atomic E-state index is 13.9. The summed E-state index contributed by atoms with van der Waals surface area (Å²) in [6.45, 7) is 5.40. The van der Waals surface area contributed by atoms with E-state index in [1.54, 1.807) is 17.0 Å². The van der Waals surface area contributed by atoms with Gasteiger partial charge in [0.15, 0.2) is 0 Å². The van der Waals surface area contributed by atoms with E-state index in [9.17, 15) is 9.18 Å². The van der Waals surface area contributed by atoms with E-state index in [1.165, 1.54) is 6.07 Å². The van der Waals surface area contributed by atoms with Crippen LogP contribution in [0.25, 0.3) is 0 Å². The van der Waals surface area contributed by atoms with E-state index in [0.29, 0.717) is 19.0 Å². The monoisotopic (exact) mass is 356 g/mol. The summed E-state index contributed by atoms with van der Waals surface area (Å²) in [5, 5.41) is 3.36. The molecule has 2 rings (SSSR count). The van der Waals surface area contributed by atoms with E-state index in [2.05, 4.69) is 21.2 Å². The van der Waals surface area contributed by atoms with Crippen molar-refractivity contribution in [1.82, 2.24) is 10.2 Å². The molecule has 1 aliphatic rings. The van der Waals surface area contributed by atoms with Crippen LogP contribution in [0, 0.1) is 11.7 Å². The summed E-state index contributed by atoms with van der Waals surface area (Å²) in [6.07, 6.45) is 3.15. The predicted octanol–water partition coefficient (Wildman–Crippen LogP) is 3.44. The molecule has 1 atom stereocenters. The third-order valence-electron chi connectivity index (χ3n) is 3.82. The van der Waals surface area contributed by atoms with Gasteiger partial charge in [-0.3, -0.25) is 4.79 Å². The minimum atomic E-state index is -0.453. The smallest absolute Gasteiger partial charge is 0.256 e. The molecule has 0 aromatic heterocycles. The van der Waals surface area contributed by atoms with Gasteiger partial charge in [-0.25, -0.2) is 4.39 Å². The second-order valence-electron chi connectivity index (χ2n) is 5.59. The van der Waals surface area contributed by atoms with E-state index < -0.39 is 5.82 Å². The van der Waals surface area contributed by atoms with Crippen molar-refractivity contribution in [3.05, 3.63) is 34.1 Å². The largest absolute Gasteiger partial charge is 0.338 e. The molecule has 0 aliphatic carbocycles. The van der Waals surface area contributed by atoms with Crippen molar-refractivity contribution in [2.24, 2.45) is 5.92 Å². The molecule has 1 heterocycles. The van der Waals surface area contributed by atoms with Gasteiger partial charge in [-0.2, -0.15) is 0 Å². The first-order valence-corrected chi connectivity index (χ1v) is 8.36. The quantitative estimate of drug-likeness (QED) is 0.876. The zero-order valence-corrected chi connectivity index (χ0v) is 14.0. The molecule has 1 saturated heterocycles. The number of halogens is 2. The molecule has 1 N–H and O–H groups in total. The highest BCUT2D eigenvalue weighted by atomic mass is 79.9. The fraction of sp³-hybridized carbons (Fsp3) is 0.562. The van der Waals surface area contributed by atoms with E-state index in [1.807, 2.05) is 6.92 Å². The second kappa shape index (κ2) is 7.90. The van der Waals surface area contributed by atoms with Crippen LogP contribution in [-0.4, -0.2) is 37.0 Å². The topological polar surface area (TPSA) is 32.3 Å². The summed E-state index contributed by atoms with van der Waals surface area (Å²) in [5.41, 5.74) is 0.154. The van der Waals surface area contributed by atoms with E-state index in [0.717, 1.165) is 36.8 Å². The number of hydrogen-bond acceptors (Lipinski definition) is 2. The van der Waals surface area contributed by atoms with Gasteiger partial charge in [0.2, 0.25) is 0 Å². The van der Waals surface area contributed by atoms with Gasteiger partial charge < -0.3 is 10.2 Å². The molecular weight excluding hydrogens is 335 g/mol. The molecule has 1 aromatic rings. The molecule has 5 heteroatoms. The predicted molar refractivity (Wildman–Crippen MR) is 85.9 cm³/mol. The highest BCUT2D eigenvalue weighted by Gasteiger charge is 2.23.